The number of amides is 1. The molecule has 1 heterocycles. The molecule has 1 atom stereocenters. The van der Waals surface area contributed by atoms with E-state index in [1.165, 1.54) is 32.3 Å². The molecule has 0 saturated heterocycles. The lowest BCUT2D eigenvalue weighted by molar-refractivity contribution is -0.120. The number of benzene rings is 1. The second-order valence-electron chi connectivity index (χ2n) is 5.90. The first-order valence-electron chi connectivity index (χ1n) is 7.89. The lowest BCUT2D eigenvalue weighted by Crippen LogP contribution is -2.37. The Kier molecular flexibility index (Phi) is 6.76. The molecule has 0 radical (unpaired) electrons. The molecule has 2 aromatic rings. The van der Waals surface area contributed by atoms with Gasteiger partial charge in [0.05, 0.1) is 17.5 Å². The predicted octanol–water partition coefficient (Wildman–Crippen LogP) is 1.15. The van der Waals surface area contributed by atoms with Gasteiger partial charge in [-0.15, -0.1) is 11.3 Å². The SMILES string of the molecule is CC(NC(=O)CNS(=O)(=O)c1cccs1)c1ccc(S(=O)(=O)N(C)C)cc1. The predicted molar refractivity (Wildman–Crippen MR) is 103 cm³/mol. The molecule has 0 aliphatic carbocycles. The highest BCUT2D eigenvalue weighted by Gasteiger charge is 2.19. The smallest absolute Gasteiger partial charge is 0.250 e. The van der Waals surface area contributed by atoms with Crippen LogP contribution in [-0.4, -0.2) is 47.7 Å². The van der Waals surface area contributed by atoms with E-state index in [1.807, 2.05) is 0 Å². The average Bonchev–Trinajstić information content (AvgIpc) is 3.15. The molecule has 1 unspecified atom stereocenters. The third-order valence-corrected chi connectivity index (χ3v) is 8.35. The van der Waals surface area contributed by atoms with Gasteiger partial charge in [-0.25, -0.2) is 25.9 Å². The highest BCUT2D eigenvalue weighted by atomic mass is 32.2. The van der Waals surface area contributed by atoms with E-state index in [0.717, 1.165) is 15.6 Å². The van der Waals surface area contributed by atoms with E-state index in [0.29, 0.717) is 5.56 Å². The van der Waals surface area contributed by atoms with E-state index in [9.17, 15) is 21.6 Å². The number of thiophene rings is 1. The zero-order chi connectivity index (χ0) is 20.2. The van der Waals surface area contributed by atoms with Crippen LogP contribution < -0.4 is 10.0 Å². The first-order chi connectivity index (χ1) is 12.5. The molecule has 27 heavy (non-hydrogen) atoms. The summed E-state index contributed by atoms with van der Waals surface area (Å²) >= 11 is 1.06. The Hall–Kier alpha value is -1.79. The van der Waals surface area contributed by atoms with Gasteiger partial charge in [0.25, 0.3) is 10.0 Å². The molecular weight excluding hydrogens is 410 g/mol. The van der Waals surface area contributed by atoms with Crippen molar-refractivity contribution in [3.8, 4) is 0 Å². The minimum atomic E-state index is -3.71. The van der Waals surface area contributed by atoms with Crippen LogP contribution in [0, 0.1) is 0 Å². The third kappa shape index (κ3) is 5.36. The number of carbonyl (C=O) groups excluding carboxylic acids is 1. The molecule has 8 nitrogen and oxygen atoms in total. The van der Waals surface area contributed by atoms with Gasteiger partial charge in [-0.1, -0.05) is 18.2 Å². The van der Waals surface area contributed by atoms with E-state index in [-0.39, 0.29) is 9.10 Å². The average molecular weight is 432 g/mol. The van der Waals surface area contributed by atoms with Gasteiger partial charge >= 0.3 is 0 Å². The number of nitrogens with one attached hydrogen (secondary N) is 2. The van der Waals surface area contributed by atoms with Gasteiger partial charge in [-0.2, -0.15) is 0 Å². The largest absolute Gasteiger partial charge is 0.348 e. The minimum Gasteiger partial charge on any atom is -0.348 e. The fraction of sp³-hybridized carbons (Fsp3) is 0.312. The molecule has 0 saturated carbocycles. The Bertz CT molecular complexity index is 982. The molecule has 2 N–H and O–H groups in total. The Morgan fingerprint density at radius 2 is 1.74 bits per heavy atom. The number of hydrogen-bond donors (Lipinski definition) is 2. The molecule has 1 aromatic heterocycles. The Morgan fingerprint density at radius 1 is 1.11 bits per heavy atom. The molecule has 0 spiro atoms. The second kappa shape index (κ2) is 8.48. The Labute approximate surface area is 163 Å². The van der Waals surface area contributed by atoms with Crippen LogP contribution in [0.4, 0.5) is 0 Å². The first-order valence-corrected chi connectivity index (χ1v) is 11.7. The molecule has 11 heteroatoms. The minimum absolute atomic E-state index is 0.140. The van der Waals surface area contributed by atoms with Crippen LogP contribution in [0.5, 0.6) is 0 Å². The van der Waals surface area contributed by atoms with Crippen LogP contribution in [-0.2, 0) is 24.8 Å². The van der Waals surface area contributed by atoms with Crippen molar-refractivity contribution in [2.45, 2.75) is 22.1 Å². The second-order valence-corrected chi connectivity index (χ2v) is 11.0. The molecular formula is C16H21N3O5S3. The van der Waals surface area contributed by atoms with Gasteiger partial charge in [0, 0.05) is 14.1 Å². The fourth-order valence-electron chi connectivity index (χ4n) is 2.16. The normalized spacial score (nSPS) is 13.5. The van der Waals surface area contributed by atoms with Crippen molar-refractivity contribution in [2.75, 3.05) is 20.6 Å². The van der Waals surface area contributed by atoms with Gasteiger partial charge in [0.1, 0.15) is 4.21 Å². The van der Waals surface area contributed by atoms with Gasteiger partial charge < -0.3 is 5.32 Å². The van der Waals surface area contributed by atoms with Crippen LogP contribution in [0.3, 0.4) is 0 Å². The van der Waals surface area contributed by atoms with E-state index in [4.69, 9.17) is 0 Å². The highest BCUT2D eigenvalue weighted by molar-refractivity contribution is 7.91. The van der Waals surface area contributed by atoms with Crippen molar-refractivity contribution < 1.29 is 21.6 Å². The summed E-state index contributed by atoms with van der Waals surface area (Å²) in [5.74, 6) is -0.493. The summed E-state index contributed by atoms with van der Waals surface area (Å²) in [7, 11) is -4.33. The fourth-order valence-corrected chi connectivity index (χ4v) is 5.08. The van der Waals surface area contributed by atoms with Gasteiger partial charge in [0.2, 0.25) is 15.9 Å². The van der Waals surface area contributed by atoms with Crippen molar-refractivity contribution in [2.24, 2.45) is 0 Å². The molecule has 0 aliphatic heterocycles. The lowest BCUT2D eigenvalue weighted by Gasteiger charge is -2.16. The Morgan fingerprint density at radius 3 is 2.26 bits per heavy atom. The van der Waals surface area contributed by atoms with E-state index in [1.54, 1.807) is 30.5 Å². The maximum atomic E-state index is 12.1. The van der Waals surface area contributed by atoms with Crippen LogP contribution in [0.1, 0.15) is 18.5 Å². The third-order valence-electron chi connectivity index (χ3n) is 3.72. The number of sulfonamides is 2. The summed E-state index contributed by atoms with van der Waals surface area (Å²) in [6.45, 7) is 1.33. The van der Waals surface area contributed by atoms with Crippen molar-refractivity contribution in [1.82, 2.24) is 14.3 Å². The topological polar surface area (TPSA) is 113 Å². The number of nitrogens with zero attached hydrogens (tertiary/aromatic N) is 1. The van der Waals surface area contributed by atoms with Crippen molar-refractivity contribution in [1.29, 1.82) is 0 Å². The molecule has 1 aromatic carbocycles. The molecule has 2 rings (SSSR count). The summed E-state index contributed by atoms with van der Waals surface area (Å²) < 4.78 is 51.6. The first kappa shape index (κ1) is 21.5. The number of carbonyl (C=O) groups is 1. The molecule has 0 aliphatic rings. The summed E-state index contributed by atoms with van der Waals surface area (Å²) in [4.78, 5) is 12.2. The quantitative estimate of drug-likeness (QED) is 0.651. The van der Waals surface area contributed by atoms with E-state index >= 15 is 0 Å². The zero-order valence-corrected chi connectivity index (χ0v) is 17.5. The van der Waals surface area contributed by atoms with Crippen molar-refractivity contribution >= 4 is 37.3 Å². The maximum absolute atomic E-state index is 12.1. The Balaban J connectivity index is 1.96. The van der Waals surface area contributed by atoms with Crippen LogP contribution in [0.2, 0.25) is 0 Å². The molecule has 1 amide bonds. The zero-order valence-electron chi connectivity index (χ0n) is 15.0. The molecule has 148 valence electrons. The van der Waals surface area contributed by atoms with Gasteiger partial charge in [0.15, 0.2) is 0 Å². The van der Waals surface area contributed by atoms with Crippen molar-refractivity contribution in [3.63, 3.8) is 0 Å². The van der Waals surface area contributed by atoms with Crippen LogP contribution in [0.15, 0.2) is 50.9 Å². The monoisotopic (exact) mass is 431 g/mol. The summed E-state index contributed by atoms with van der Waals surface area (Å²) in [6, 6.07) is 8.80. The maximum Gasteiger partial charge on any atom is 0.250 e. The molecule has 0 bridgehead atoms. The summed E-state index contributed by atoms with van der Waals surface area (Å²) in [5.41, 5.74) is 0.696. The number of rotatable bonds is 8. The summed E-state index contributed by atoms with van der Waals surface area (Å²) in [6.07, 6.45) is 0. The van der Waals surface area contributed by atoms with Crippen LogP contribution in [0.25, 0.3) is 0 Å². The highest BCUT2D eigenvalue weighted by Crippen LogP contribution is 2.18. The summed E-state index contributed by atoms with van der Waals surface area (Å²) in [5, 5.41) is 4.31. The van der Waals surface area contributed by atoms with E-state index in [2.05, 4.69) is 10.0 Å². The number of hydrogen-bond acceptors (Lipinski definition) is 6. The van der Waals surface area contributed by atoms with Crippen molar-refractivity contribution in [3.05, 3.63) is 47.3 Å². The standard InChI is InChI=1S/C16H21N3O5S3/c1-12(13-6-8-14(9-7-13)27(23,24)19(2)3)18-15(20)11-17-26(21,22)16-5-4-10-25-16/h4-10,12,17H,11H2,1-3H3,(H,18,20). The lowest BCUT2D eigenvalue weighted by atomic mass is 10.1. The molecule has 0 fully saturated rings. The van der Waals surface area contributed by atoms with Crippen LogP contribution >= 0.6 is 11.3 Å². The van der Waals surface area contributed by atoms with Gasteiger partial charge in [-0.05, 0) is 36.1 Å². The van der Waals surface area contributed by atoms with E-state index < -0.39 is 38.5 Å². The van der Waals surface area contributed by atoms with Gasteiger partial charge in [-0.3, -0.25) is 4.79 Å².